The summed E-state index contributed by atoms with van der Waals surface area (Å²) < 4.78 is 5.73. The number of aromatic nitrogens is 3. The zero-order valence-corrected chi connectivity index (χ0v) is 12.6. The number of ether oxygens (including phenoxy) is 1. The summed E-state index contributed by atoms with van der Waals surface area (Å²) in [5.74, 6) is 0.706. The van der Waals surface area contributed by atoms with Gasteiger partial charge < -0.3 is 9.64 Å². The lowest BCUT2D eigenvalue weighted by atomic mass is 10.1. The summed E-state index contributed by atoms with van der Waals surface area (Å²) in [6, 6.07) is 1.83. The SMILES string of the molecule is C[C@@H]1CN(c2ncc(-c3cncnc3)cc2C=O)C[C@H](C)O1. The Morgan fingerprint density at radius 3 is 2.45 bits per heavy atom. The number of morpholine rings is 1. The molecule has 1 aliphatic rings. The summed E-state index contributed by atoms with van der Waals surface area (Å²) in [5, 5.41) is 0. The fraction of sp³-hybridized carbons (Fsp3) is 0.375. The number of carbonyl (C=O) groups is 1. The Labute approximate surface area is 129 Å². The lowest BCUT2D eigenvalue weighted by molar-refractivity contribution is -0.00549. The van der Waals surface area contributed by atoms with Crippen molar-refractivity contribution < 1.29 is 9.53 Å². The number of hydrogen-bond acceptors (Lipinski definition) is 6. The van der Waals surface area contributed by atoms with Crippen LogP contribution < -0.4 is 4.90 Å². The maximum absolute atomic E-state index is 11.5. The summed E-state index contributed by atoms with van der Waals surface area (Å²) in [6.07, 6.45) is 7.72. The number of hydrogen-bond donors (Lipinski definition) is 0. The molecule has 2 aromatic heterocycles. The molecule has 1 aliphatic heterocycles. The molecule has 6 nitrogen and oxygen atoms in total. The van der Waals surface area contributed by atoms with Gasteiger partial charge in [-0.15, -0.1) is 0 Å². The molecule has 6 heteroatoms. The minimum atomic E-state index is 0.118. The van der Waals surface area contributed by atoms with E-state index in [4.69, 9.17) is 4.74 Å². The molecule has 114 valence electrons. The van der Waals surface area contributed by atoms with Crippen LogP contribution >= 0.6 is 0 Å². The molecule has 3 rings (SSSR count). The highest BCUT2D eigenvalue weighted by molar-refractivity contribution is 5.85. The molecule has 2 aromatic rings. The van der Waals surface area contributed by atoms with Gasteiger partial charge in [-0.2, -0.15) is 0 Å². The number of nitrogens with zero attached hydrogens (tertiary/aromatic N) is 4. The maximum Gasteiger partial charge on any atom is 0.153 e. The van der Waals surface area contributed by atoms with Crippen molar-refractivity contribution in [2.75, 3.05) is 18.0 Å². The van der Waals surface area contributed by atoms with E-state index in [0.29, 0.717) is 11.4 Å². The van der Waals surface area contributed by atoms with Gasteiger partial charge in [0.1, 0.15) is 12.1 Å². The number of aldehydes is 1. The van der Waals surface area contributed by atoms with Crippen LogP contribution in [0.5, 0.6) is 0 Å². The zero-order valence-electron chi connectivity index (χ0n) is 12.6. The Bertz CT molecular complexity index is 652. The standard InChI is InChI=1S/C16H18N4O2/c1-11-7-20(8-12(2)22-11)16-14(9-21)3-13(6-19-16)15-4-17-10-18-5-15/h3-6,9-12H,7-8H2,1-2H3/t11-,12+. The number of rotatable bonds is 3. The normalized spacial score (nSPS) is 21.6. The van der Waals surface area contributed by atoms with Gasteiger partial charge in [-0.3, -0.25) is 4.79 Å². The van der Waals surface area contributed by atoms with Crippen LogP contribution in [0.15, 0.2) is 31.0 Å². The molecule has 1 fully saturated rings. The quantitative estimate of drug-likeness (QED) is 0.807. The molecule has 2 atom stereocenters. The second-order valence-electron chi connectivity index (χ2n) is 5.54. The van der Waals surface area contributed by atoms with Crippen molar-refractivity contribution in [3.63, 3.8) is 0 Å². The van der Waals surface area contributed by atoms with Gasteiger partial charge in [-0.05, 0) is 19.9 Å². The molecule has 0 unspecified atom stereocenters. The van der Waals surface area contributed by atoms with E-state index in [1.54, 1.807) is 18.6 Å². The van der Waals surface area contributed by atoms with Crippen LogP contribution in [0.1, 0.15) is 24.2 Å². The Kier molecular flexibility index (Phi) is 4.11. The van der Waals surface area contributed by atoms with Crippen molar-refractivity contribution in [1.82, 2.24) is 15.0 Å². The first-order valence-electron chi connectivity index (χ1n) is 7.28. The van der Waals surface area contributed by atoms with Gasteiger partial charge in [-0.25, -0.2) is 15.0 Å². The van der Waals surface area contributed by atoms with Crippen LogP contribution in [-0.4, -0.2) is 46.5 Å². The van der Waals surface area contributed by atoms with Gasteiger partial charge in [0.15, 0.2) is 6.29 Å². The summed E-state index contributed by atoms with van der Waals surface area (Å²) in [6.45, 7) is 5.51. The Morgan fingerprint density at radius 1 is 1.14 bits per heavy atom. The van der Waals surface area contributed by atoms with Crippen molar-refractivity contribution in [1.29, 1.82) is 0 Å². The van der Waals surface area contributed by atoms with E-state index in [1.807, 2.05) is 19.9 Å². The van der Waals surface area contributed by atoms with Crippen LogP contribution in [0.2, 0.25) is 0 Å². The molecular formula is C16H18N4O2. The van der Waals surface area contributed by atoms with Gasteiger partial charge in [0, 0.05) is 42.8 Å². The number of anilines is 1. The molecule has 0 N–H and O–H groups in total. The summed E-state index contributed by atoms with van der Waals surface area (Å²) >= 11 is 0. The lowest BCUT2D eigenvalue weighted by Crippen LogP contribution is -2.46. The first-order chi connectivity index (χ1) is 10.7. The average molecular weight is 298 g/mol. The molecule has 0 aliphatic carbocycles. The van der Waals surface area contributed by atoms with Gasteiger partial charge in [0.25, 0.3) is 0 Å². The summed E-state index contributed by atoms with van der Waals surface area (Å²) in [5.41, 5.74) is 2.25. The minimum Gasteiger partial charge on any atom is -0.372 e. The van der Waals surface area contributed by atoms with Crippen molar-refractivity contribution >= 4 is 12.1 Å². The van der Waals surface area contributed by atoms with Gasteiger partial charge in [-0.1, -0.05) is 0 Å². The van der Waals surface area contributed by atoms with Crippen molar-refractivity contribution in [2.45, 2.75) is 26.1 Å². The third-order valence-electron chi connectivity index (χ3n) is 3.64. The fourth-order valence-corrected chi connectivity index (χ4v) is 2.78. The van der Waals surface area contributed by atoms with Crippen molar-refractivity contribution in [3.05, 3.63) is 36.5 Å². The van der Waals surface area contributed by atoms with Crippen molar-refractivity contribution in [2.24, 2.45) is 0 Å². The smallest absolute Gasteiger partial charge is 0.153 e. The van der Waals surface area contributed by atoms with Crippen LogP contribution in [0, 0.1) is 0 Å². The van der Waals surface area contributed by atoms with Gasteiger partial charge in [0.05, 0.1) is 17.8 Å². The molecule has 0 saturated carbocycles. The van der Waals surface area contributed by atoms with E-state index in [1.165, 1.54) is 6.33 Å². The number of carbonyl (C=O) groups excluding carboxylic acids is 1. The van der Waals surface area contributed by atoms with E-state index in [9.17, 15) is 4.79 Å². The maximum atomic E-state index is 11.5. The Hall–Kier alpha value is -2.34. The summed E-state index contributed by atoms with van der Waals surface area (Å²) in [4.78, 5) is 26.1. The highest BCUT2D eigenvalue weighted by atomic mass is 16.5. The summed E-state index contributed by atoms with van der Waals surface area (Å²) in [7, 11) is 0. The predicted octanol–water partition coefficient (Wildman–Crippen LogP) is 1.96. The van der Waals surface area contributed by atoms with Crippen LogP contribution in [0.3, 0.4) is 0 Å². The zero-order chi connectivity index (χ0) is 15.5. The minimum absolute atomic E-state index is 0.118. The molecule has 0 radical (unpaired) electrons. The van der Waals surface area contributed by atoms with E-state index >= 15 is 0 Å². The fourth-order valence-electron chi connectivity index (χ4n) is 2.78. The molecular weight excluding hydrogens is 280 g/mol. The molecule has 0 spiro atoms. The van der Waals surface area contributed by atoms with E-state index in [2.05, 4.69) is 19.9 Å². The van der Waals surface area contributed by atoms with Gasteiger partial charge >= 0.3 is 0 Å². The molecule has 0 bridgehead atoms. The second kappa shape index (κ2) is 6.19. The molecule has 3 heterocycles. The van der Waals surface area contributed by atoms with E-state index in [-0.39, 0.29) is 12.2 Å². The first-order valence-corrected chi connectivity index (χ1v) is 7.28. The topological polar surface area (TPSA) is 68.2 Å². The van der Waals surface area contributed by atoms with Crippen LogP contribution in [0.4, 0.5) is 5.82 Å². The number of pyridine rings is 1. The first kappa shape index (κ1) is 14.6. The van der Waals surface area contributed by atoms with Crippen LogP contribution in [0.25, 0.3) is 11.1 Å². The monoisotopic (exact) mass is 298 g/mol. The van der Waals surface area contributed by atoms with E-state index in [0.717, 1.165) is 30.5 Å². The largest absolute Gasteiger partial charge is 0.372 e. The molecule has 0 amide bonds. The van der Waals surface area contributed by atoms with Crippen LogP contribution in [-0.2, 0) is 4.74 Å². The highest BCUT2D eigenvalue weighted by Gasteiger charge is 2.25. The van der Waals surface area contributed by atoms with Gasteiger partial charge in [0.2, 0.25) is 0 Å². The molecule has 22 heavy (non-hydrogen) atoms. The van der Waals surface area contributed by atoms with Crippen molar-refractivity contribution in [3.8, 4) is 11.1 Å². The Balaban J connectivity index is 1.94. The predicted molar refractivity (Wildman–Crippen MR) is 82.9 cm³/mol. The molecule has 1 saturated heterocycles. The Morgan fingerprint density at radius 2 is 1.82 bits per heavy atom. The van der Waals surface area contributed by atoms with E-state index < -0.39 is 0 Å². The third-order valence-corrected chi connectivity index (χ3v) is 3.64. The lowest BCUT2D eigenvalue weighted by Gasteiger charge is -2.36. The average Bonchev–Trinajstić information content (AvgIpc) is 2.54. The third kappa shape index (κ3) is 2.96. The highest BCUT2D eigenvalue weighted by Crippen LogP contribution is 2.25. The second-order valence-corrected chi connectivity index (χ2v) is 5.54. The molecule has 0 aromatic carbocycles.